The van der Waals surface area contributed by atoms with Gasteiger partial charge in [0.25, 0.3) is 0 Å². The van der Waals surface area contributed by atoms with Crippen molar-refractivity contribution < 1.29 is 14.4 Å². The monoisotopic (exact) mass is 401 g/mol. The number of fused-ring (bicyclic) bond motifs is 2. The van der Waals surface area contributed by atoms with Crippen LogP contribution in [-0.4, -0.2) is 40.7 Å². The Bertz CT molecular complexity index is 755. The van der Waals surface area contributed by atoms with Crippen molar-refractivity contribution in [2.75, 3.05) is 18.0 Å². The number of rotatable bonds is 6. The first-order valence-electron chi connectivity index (χ1n) is 10.3. The summed E-state index contributed by atoms with van der Waals surface area (Å²) in [6.45, 7) is 4.32. The van der Waals surface area contributed by atoms with Crippen LogP contribution in [0.25, 0.3) is 0 Å². The number of thiazole rings is 1. The molecule has 0 bridgehead atoms. The van der Waals surface area contributed by atoms with Gasteiger partial charge >= 0.3 is 0 Å². The number of hydrogen-bond acceptors (Lipinski definition) is 5. The third-order valence-electron chi connectivity index (χ3n) is 6.16. The predicted octanol–water partition coefficient (Wildman–Crippen LogP) is 3.11. The van der Waals surface area contributed by atoms with Crippen LogP contribution in [0.2, 0.25) is 0 Å². The lowest BCUT2D eigenvalue weighted by atomic mass is 9.81. The van der Waals surface area contributed by atoms with E-state index in [1.54, 1.807) is 22.3 Å². The summed E-state index contributed by atoms with van der Waals surface area (Å²) < 4.78 is 0. The molecule has 1 saturated carbocycles. The largest absolute Gasteiger partial charge is 0.284 e. The highest BCUT2D eigenvalue weighted by atomic mass is 32.1. The van der Waals surface area contributed by atoms with Crippen molar-refractivity contribution in [3.8, 4) is 0 Å². The van der Waals surface area contributed by atoms with E-state index in [0.717, 1.165) is 50.6 Å². The van der Waals surface area contributed by atoms with E-state index in [9.17, 15) is 14.4 Å². The van der Waals surface area contributed by atoms with Crippen molar-refractivity contribution >= 4 is 34.2 Å². The molecule has 3 amide bonds. The number of aromatic nitrogens is 1. The molecular formula is C21H27N3O3S. The fourth-order valence-corrected chi connectivity index (χ4v) is 5.84. The molecule has 2 aliphatic carbocycles. The molecule has 4 rings (SSSR count). The number of likely N-dealkylation sites (tertiary alicyclic amines) is 1. The van der Waals surface area contributed by atoms with Crippen molar-refractivity contribution in [2.24, 2.45) is 11.8 Å². The molecule has 2 fully saturated rings. The van der Waals surface area contributed by atoms with E-state index in [-0.39, 0.29) is 42.5 Å². The van der Waals surface area contributed by atoms with Gasteiger partial charge in [-0.25, -0.2) is 4.98 Å². The van der Waals surface area contributed by atoms with Gasteiger partial charge in [0, 0.05) is 24.4 Å². The van der Waals surface area contributed by atoms with Crippen molar-refractivity contribution in [2.45, 2.75) is 57.8 Å². The average Bonchev–Trinajstić information content (AvgIpc) is 3.24. The normalized spacial score (nSPS) is 24.1. The summed E-state index contributed by atoms with van der Waals surface area (Å²) in [6, 6.07) is 0. The van der Waals surface area contributed by atoms with Gasteiger partial charge in [-0.05, 0) is 38.5 Å². The van der Waals surface area contributed by atoms with Crippen LogP contribution in [0.4, 0.5) is 5.13 Å². The molecule has 0 unspecified atom stereocenters. The molecule has 0 aromatic carbocycles. The van der Waals surface area contributed by atoms with Gasteiger partial charge in [-0.1, -0.05) is 18.9 Å². The van der Waals surface area contributed by atoms with Crippen LogP contribution in [0.1, 0.15) is 55.5 Å². The van der Waals surface area contributed by atoms with E-state index < -0.39 is 0 Å². The molecule has 150 valence electrons. The standard InChI is InChI=1S/C21H27N3O3S/c1-2-12-23(21-22-16-9-5-6-10-17(16)28-21)18(25)11-13-24-19(26)14-7-3-4-8-15(14)20(24)27/h2,14-15H,1,3-13H2/t14-,15-/m0/s1. The maximum Gasteiger partial charge on any atom is 0.233 e. The Labute approximate surface area is 169 Å². The molecule has 7 heteroatoms. The van der Waals surface area contributed by atoms with Gasteiger partial charge in [0.15, 0.2) is 5.13 Å². The van der Waals surface area contributed by atoms with Crippen LogP contribution >= 0.6 is 11.3 Å². The minimum atomic E-state index is -0.161. The van der Waals surface area contributed by atoms with Gasteiger partial charge in [0.2, 0.25) is 17.7 Å². The van der Waals surface area contributed by atoms with E-state index in [0.29, 0.717) is 11.7 Å². The molecule has 1 aromatic rings. The maximum atomic E-state index is 12.9. The lowest BCUT2D eigenvalue weighted by Gasteiger charge is -2.20. The first-order chi connectivity index (χ1) is 13.6. The van der Waals surface area contributed by atoms with Gasteiger partial charge in [-0.3, -0.25) is 24.2 Å². The van der Waals surface area contributed by atoms with Crippen LogP contribution in [0, 0.1) is 11.8 Å². The number of imide groups is 1. The lowest BCUT2D eigenvalue weighted by molar-refractivity contribution is -0.140. The minimum absolute atomic E-state index is 0.0810. The van der Waals surface area contributed by atoms with E-state index in [1.165, 1.54) is 16.2 Å². The third-order valence-corrected chi connectivity index (χ3v) is 7.34. The highest BCUT2D eigenvalue weighted by Gasteiger charge is 2.47. The third kappa shape index (κ3) is 3.52. The van der Waals surface area contributed by atoms with Gasteiger partial charge in [0.1, 0.15) is 0 Å². The summed E-state index contributed by atoms with van der Waals surface area (Å²) in [4.78, 5) is 47.1. The first kappa shape index (κ1) is 19.3. The quantitative estimate of drug-likeness (QED) is 0.542. The molecule has 28 heavy (non-hydrogen) atoms. The van der Waals surface area contributed by atoms with Crippen LogP contribution in [-0.2, 0) is 27.2 Å². The first-order valence-corrected chi connectivity index (χ1v) is 11.2. The Morgan fingerprint density at radius 1 is 1.14 bits per heavy atom. The van der Waals surface area contributed by atoms with Gasteiger partial charge in [-0.2, -0.15) is 0 Å². The fourth-order valence-electron chi connectivity index (χ4n) is 4.66. The lowest BCUT2D eigenvalue weighted by Crippen LogP contribution is -2.37. The molecule has 3 aliphatic rings. The molecule has 0 spiro atoms. The van der Waals surface area contributed by atoms with E-state index in [1.807, 2.05) is 0 Å². The second kappa shape index (κ2) is 8.15. The highest BCUT2D eigenvalue weighted by molar-refractivity contribution is 7.16. The SMILES string of the molecule is C=CCN(C(=O)CCN1C(=O)[C@H]2CCCC[C@@H]2C1=O)c1nc2c(s1)CCCC2. The second-order valence-electron chi connectivity index (χ2n) is 7.94. The molecule has 2 atom stereocenters. The van der Waals surface area contributed by atoms with Crippen molar-refractivity contribution in [1.29, 1.82) is 0 Å². The van der Waals surface area contributed by atoms with Crippen molar-refractivity contribution in [3.05, 3.63) is 23.2 Å². The average molecular weight is 402 g/mol. The maximum absolute atomic E-state index is 12.9. The van der Waals surface area contributed by atoms with Crippen LogP contribution in [0.3, 0.4) is 0 Å². The fraction of sp³-hybridized carbons (Fsp3) is 0.619. The van der Waals surface area contributed by atoms with Crippen molar-refractivity contribution in [1.82, 2.24) is 9.88 Å². The number of carbonyl (C=O) groups is 3. The molecule has 6 nitrogen and oxygen atoms in total. The predicted molar refractivity (Wildman–Crippen MR) is 108 cm³/mol. The molecule has 2 heterocycles. The van der Waals surface area contributed by atoms with Crippen LogP contribution < -0.4 is 4.90 Å². The number of amides is 3. The van der Waals surface area contributed by atoms with Gasteiger partial charge in [-0.15, -0.1) is 17.9 Å². The summed E-state index contributed by atoms with van der Waals surface area (Å²) in [6.07, 6.45) is 9.76. The second-order valence-corrected chi connectivity index (χ2v) is 9.00. The minimum Gasteiger partial charge on any atom is -0.284 e. The van der Waals surface area contributed by atoms with Gasteiger partial charge < -0.3 is 0 Å². The number of carbonyl (C=O) groups excluding carboxylic acids is 3. The summed E-state index contributed by atoms with van der Waals surface area (Å²) in [7, 11) is 0. The molecule has 0 radical (unpaired) electrons. The summed E-state index contributed by atoms with van der Waals surface area (Å²) in [5, 5.41) is 0.713. The molecule has 0 N–H and O–H groups in total. The zero-order chi connectivity index (χ0) is 19.7. The van der Waals surface area contributed by atoms with Crippen LogP contribution in [0.15, 0.2) is 12.7 Å². The molecular weight excluding hydrogens is 374 g/mol. The van der Waals surface area contributed by atoms with E-state index in [4.69, 9.17) is 0 Å². The smallest absolute Gasteiger partial charge is 0.233 e. The molecule has 1 aliphatic heterocycles. The Morgan fingerprint density at radius 2 is 1.82 bits per heavy atom. The zero-order valence-corrected chi connectivity index (χ0v) is 17.0. The number of hydrogen-bond donors (Lipinski definition) is 0. The van der Waals surface area contributed by atoms with Crippen LogP contribution in [0.5, 0.6) is 0 Å². The summed E-state index contributed by atoms with van der Waals surface area (Å²) in [5.41, 5.74) is 1.11. The highest BCUT2D eigenvalue weighted by Crippen LogP contribution is 2.38. The summed E-state index contributed by atoms with van der Waals surface area (Å²) >= 11 is 1.59. The Balaban J connectivity index is 1.43. The number of aryl methyl sites for hydroxylation is 2. The van der Waals surface area contributed by atoms with Crippen molar-refractivity contribution in [3.63, 3.8) is 0 Å². The zero-order valence-electron chi connectivity index (χ0n) is 16.2. The number of nitrogens with zero attached hydrogens (tertiary/aromatic N) is 3. The van der Waals surface area contributed by atoms with E-state index in [2.05, 4.69) is 11.6 Å². The molecule has 1 aromatic heterocycles. The Hall–Kier alpha value is -2.02. The number of anilines is 1. The van der Waals surface area contributed by atoms with Gasteiger partial charge in [0.05, 0.1) is 17.5 Å². The Kier molecular flexibility index (Phi) is 5.62. The van der Waals surface area contributed by atoms with E-state index >= 15 is 0 Å². The topological polar surface area (TPSA) is 70.6 Å². The Morgan fingerprint density at radius 3 is 2.46 bits per heavy atom. The summed E-state index contributed by atoms with van der Waals surface area (Å²) in [5.74, 6) is -0.593. The molecule has 1 saturated heterocycles.